The first-order valence-corrected chi connectivity index (χ1v) is 19.1. The van der Waals surface area contributed by atoms with E-state index in [1.807, 2.05) is 0 Å². The smallest absolute Gasteiger partial charge is 0.145 e. The Morgan fingerprint density at radius 3 is 1.38 bits per heavy atom. The van der Waals surface area contributed by atoms with Crippen LogP contribution in [0.1, 0.15) is 0 Å². The van der Waals surface area contributed by atoms with E-state index in [9.17, 15) is 0 Å². The molecule has 0 radical (unpaired) electrons. The Morgan fingerprint density at radius 1 is 0.357 bits per heavy atom. The lowest BCUT2D eigenvalue weighted by atomic mass is 9.87. The van der Waals surface area contributed by atoms with Gasteiger partial charge in [0.2, 0.25) is 0 Å². The zero-order valence-electron chi connectivity index (χ0n) is 30.5. The Labute approximate surface area is 325 Å². The van der Waals surface area contributed by atoms with Gasteiger partial charge in [-0.2, -0.15) is 0 Å². The summed E-state index contributed by atoms with van der Waals surface area (Å²) in [5.41, 5.74) is 12.5. The summed E-state index contributed by atoms with van der Waals surface area (Å²) in [6, 6.07) is 76.2. The zero-order valence-corrected chi connectivity index (χ0v) is 30.5. The Balaban J connectivity index is 0.993. The molecule has 0 aliphatic rings. The summed E-state index contributed by atoms with van der Waals surface area (Å²) in [6.07, 6.45) is 0. The average molecular weight is 714 g/mol. The highest BCUT2D eigenvalue weighted by atomic mass is 15.1. The van der Waals surface area contributed by atoms with Crippen LogP contribution in [-0.4, -0.2) is 9.55 Å². The molecule has 0 N–H and O–H groups in total. The molecular formula is C53H35N3. The molecule has 11 aromatic rings. The fraction of sp³-hybridized carbons (Fsp3) is 0. The number of hydrogen-bond donors (Lipinski definition) is 0. The topological polar surface area (TPSA) is 21.1 Å². The largest absolute Gasteiger partial charge is 0.311 e. The van der Waals surface area contributed by atoms with E-state index in [4.69, 9.17) is 4.98 Å². The maximum atomic E-state index is 5.10. The van der Waals surface area contributed by atoms with Gasteiger partial charge in [-0.25, -0.2) is 4.98 Å². The first-order valence-electron chi connectivity index (χ1n) is 19.1. The molecular weight excluding hydrogens is 679 g/mol. The van der Waals surface area contributed by atoms with Crippen LogP contribution in [0.15, 0.2) is 212 Å². The van der Waals surface area contributed by atoms with Crippen LogP contribution in [0.4, 0.5) is 17.1 Å². The molecule has 0 aliphatic carbocycles. The van der Waals surface area contributed by atoms with Crippen molar-refractivity contribution in [1.82, 2.24) is 9.55 Å². The number of imidazole rings is 1. The third-order valence-corrected chi connectivity index (χ3v) is 11.2. The maximum Gasteiger partial charge on any atom is 0.145 e. The van der Waals surface area contributed by atoms with E-state index in [1.165, 1.54) is 54.6 Å². The van der Waals surface area contributed by atoms with Crippen molar-refractivity contribution in [3.8, 4) is 39.3 Å². The van der Waals surface area contributed by atoms with Gasteiger partial charge in [0.1, 0.15) is 5.82 Å². The van der Waals surface area contributed by atoms with Crippen LogP contribution < -0.4 is 4.90 Å². The van der Waals surface area contributed by atoms with E-state index >= 15 is 0 Å². The second-order valence-corrected chi connectivity index (χ2v) is 14.4. The monoisotopic (exact) mass is 713 g/mol. The second-order valence-electron chi connectivity index (χ2n) is 14.4. The molecule has 10 aromatic carbocycles. The number of benzene rings is 10. The molecule has 0 fully saturated rings. The van der Waals surface area contributed by atoms with Gasteiger partial charge in [-0.15, -0.1) is 0 Å². The average Bonchev–Trinajstić information content (AvgIpc) is 3.67. The van der Waals surface area contributed by atoms with E-state index < -0.39 is 0 Å². The first kappa shape index (κ1) is 32.0. The van der Waals surface area contributed by atoms with Crippen LogP contribution in [0.5, 0.6) is 0 Å². The summed E-state index contributed by atoms with van der Waals surface area (Å²) in [5.74, 6) is 0.938. The van der Waals surface area contributed by atoms with Gasteiger partial charge in [0, 0.05) is 28.3 Å². The summed E-state index contributed by atoms with van der Waals surface area (Å²) >= 11 is 0. The number of hydrogen-bond acceptors (Lipinski definition) is 2. The van der Waals surface area contributed by atoms with Gasteiger partial charge in [0.15, 0.2) is 0 Å². The number of fused-ring (bicyclic) bond motifs is 1. The van der Waals surface area contributed by atoms with Crippen molar-refractivity contribution in [2.24, 2.45) is 0 Å². The Bertz CT molecular complexity index is 3110. The third kappa shape index (κ3) is 5.25. The van der Waals surface area contributed by atoms with Gasteiger partial charge in [0.25, 0.3) is 0 Å². The molecule has 11 rings (SSSR count). The normalized spacial score (nSPS) is 11.6. The van der Waals surface area contributed by atoms with Crippen LogP contribution in [0, 0.1) is 0 Å². The van der Waals surface area contributed by atoms with Gasteiger partial charge in [-0.3, -0.25) is 4.57 Å². The summed E-state index contributed by atoms with van der Waals surface area (Å²) in [7, 11) is 0. The van der Waals surface area contributed by atoms with Gasteiger partial charge in [-0.1, -0.05) is 152 Å². The zero-order chi connectivity index (χ0) is 37.0. The standard InChI is InChI=1S/C53H35N3/c1-4-12-41(13-5-1)55(42-14-6-2-7-15-42)44-30-24-37(25-31-44)46-33-27-39-28-34-47-45(32-26-38-29-35-48(46)52(39)51(38)47)36-20-22-40(23-21-36)53-54-49-18-10-11-19-50(49)56(53)43-16-8-3-9-17-43/h1-35H. The van der Waals surface area contributed by atoms with Gasteiger partial charge in [0.05, 0.1) is 11.0 Å². The van der Waals surface area contributed by atoms with Gasteiger partial charge in [-0.05, 0) is 115 Å². The minimum atomic E-state index is 0.938. The van der Waals surface area contributed by atoms with Gasteiger partial charge < -0.3 is 4.90 Å². The second kappa shape index (κ2) is 13.1. The molecule has 262 valence electrons. The molecule has 3 nitrogen and oxygen atoms in total. The summed E-state index contributed by atoms with van der Waals surface area (Å²) < 4.78 is 2.26. The first-order chi connectivity index (χ1) is 27.8. The lowest BCUT2D eigenvalue weighted by Crippen LogP contribution is -2.09. The van der Waals surface area contributed by atoms with E-state index in [1.54, 1.807) is 0 Å². The number of rotatable bonds is 7. The molecule has 0 saturated heterocycles. The highest BCUT2D eigenvalue weighted by molar-refractivity contribution is 6.27. The molecule has 0 saturated carbocycles. The quantitative estimate of drug-likeness (QED) is 0.153. The number of nitrogens with zero attached hydrogens (tertiary/aromatic N) is 3. The maximum absolute atomic E-state index is 5.10. The summed E-state index contributed by atoms with van der Waals surface area (Å²) in [6.45, 7) is 0. The molecule has 1 heterocycles. The molecule has 0 spiro atoms. The third-order valence-electron chi connectivity index (χ3n) is 11.2. The molecule has 0 atom stereocenters. The van der Waals surface area contributed by atoms with Crippen LogP contribution in [0.3, 0.4) is 0 Å². The molecule has 56 heavy (non-hydrogen) atoms. The highest BCUT2D eigenvalue weighted by Gasteiger charge is 2.18. The van der Waals surface area contributed by atoms with Crippen molar-refractivity contribution in [3.05, 3.63) is 212 Å². The van der Waals surface area contributed by atoms with E-state index in [0.29, 0.717) is 0 Å². The Kier molecular flexibility index (Phi) is 7.49. The highest BCUT2D eigenvalue weighted by Crippen LogP contribution is 2.43. The van der Waals surface area contributed by atoms with Crippen LogP contribution in [-0.2, 0) is 0 Å². The molecule has 1 aromatic heterocycles. The predicted octanol–water partition coefficient (Wildman–Crippen LogP) is 14.4. The summed E-state index contributed by atoms with van der Waals surface area (Å²) in [5, 5.41) is 7.66. The van der Waals surface area contributed by atoms with Crippen LogP contribution in [0.25, 0.3) is 82.7 Å². The lowest BCUT2D eigenvalue weighted by molar-refractivity contribution is 1.10. The van der Waals surface area contributed by atoms with Crippen molar-refractivity contribution in [1.29, 1.82) is 0 Å². The van der Waals surface area contributed by atoms with Crippen LogP contribution in [0.2, 0.25) is 0 Å². The molecule has 0 amide bonds. The SMILES string of the molecule is c1ccc(N(c2ccccc2)c2ccc(-c3ccc4ccc5c(-c6ccc(-c7nc8ccccc8n7-c7ccccc7)cc6)ccc6ccc3c4c65)cc2)cc1. The lowest BCUT2D eigenvalue weighted by Gasteiger charge is -2.25. The van der Waals surface area contributed by atoms with Crippen molar-refractivity contribution >= 4 is 60.4 Å². The fourth-order valence-electron chi connectivity index (χ4n) is 8.55. The molecule has 0 unspecified atom stereocenters. The molecule has 0 bridgehead atoms. The summed E-state index contributed by atoms with van der Waals surface area (Å²) in [4.78, 5) is 7.41. The fourth-order valence-corrected chi connectivity index (χ4v) is 8.55. The van der Waals surface area contributed by atoms with Crippen molar-refractivity contribution in [2.75, 3.05) is 4.90 Å². The minimum Gasteiger partial charge on any atom is -0.311 e. The van der Waals surface area contributed by atoms with E-state index in [2.05, 4.69) is 222 Å². The predicted molar refractivity (Wildman–Crippen MR) is 236 cm³/mol. The molecule has 0 aliphatic heterocycles. The minimum absolute atomic E-state index is 0.938. The number of aromatic nitrogens is 2. The van der Waals surface area contributed by atoms with E-state index in [-0.39, 0.29) is 0 Å². The number of anilines is 3. The van der Waals surface area contributed by atoms with Gasteiger partial charge >= 0.3 is 0 Å². The number of para-hydroxylation sites is 5. The van der Waals surface area contributed by atoms with E-state index in [0.717, 1.165) is 45.2 Å². The van der Waals surface area contributed by atoms with Crippen LogP contribution >= 0.6 is 0 Å². The van der Waals surface area contributed by atoms with Crippen molar-refractivity contribution in [3.63, 3.8) is 0 Å². The van der Waals surface area contributed by atoms with Crippen molar-refractivity contribution in [2.45, 2.75) is 0 Å². The van der Waals surface area contributed by atoms with Crippen molar-refractivity contribution < 1.29 is 0 Å². The Morgan fingerprint density at radius 2 is 0.804 bits per heavy atom. The molecule has 3 heteroatoms. The Hall–Kier alpha value is -7.49.